The number of aliphatic imine (C=N–C) groups is 1. The Balaban J connectivity index is 0.00000341. The molecule has 3 rings (SSSR count). The molecule has 31 heavy (non-hydrogen) atoms. The van der Waals surface area contributed by atoms with E-state index in [1.165, 1.54) is 0 Å². The number of nitrogens with one attached hydrogen (secondary N) is 1. The Hall–Kier alpha value is -1.30. The van der Waals surface area contributed by atoms with Gasteiger partial charge in [0.1, 0.15) is 11.5 Å². The number of benzene rings is 1. The fraction of sp³-hybridized carbons (Fsp3) is 0.682. The van der Waals surface area contributed by atoms with Crippen LogP contribution in [0.2, 0.25) is 0 Å². The molecule has 2 aliphatic rings. The molecule has 0 saturated carbocycles. The molecule has 0 atom stereocenters. The first-order chi connectivity index (χ1) is 14.7. The van der Waals surface area contributed by atoms with E-state index in [9.17, 15) is 0 Å². The molecular weight excluding hydrogens is 509 g/mol. The second-order valence-electron chi connectivity index (χ2n) is 7.63. The summed E-state index contributed by atoms with van der Waals surface area (Å²) in [5.74, 6) is 2.81. The van der Waals surface area contributed by atoms with E-state index in [1.807, 2.05) is 12.1 Å². The van der Waals surface area contributed by atoms with Crippen molar-refractivity contribution in [2.24, 2.45) is 4.99 Å². The second kappa shape index (κ2) is 14.0. The van der Waals surface area contributed by atoms with Gasteiger partial charge in [-0.1, -0.05) is 0 Å². The van der Waals surface area contributed by atoms with Gasteiger partial charge in [-0.2, -0.15) is 0 Å². The topological polar surface area (TPSA) is 61.8 Å². The van der Waals surface area contributed by atoms with Crippen LogP contribution in [0, 0.1) is 0 Å². The molecule has 1 aromatic carbocycles. The summed E-state index contributed by atoms with van der Waals surface area (Å²) in [6, 6.07) is 5.99. The number of halogens is 1. The maximum atomic E-state index is 5.54. The highest BCUT2D eigenvalue weighted by Crippen LogP contribution is 2.25. The number of hydrogen-bond donors (Lipinski definition) is 1. The van der Waals surface area contributed by atoms with Gasteiger partial charge in [-0.15, -0.1) is 24.0 Å². The average molecular weight is 547 g/mol. The van der Waals surface area contributed by atoms with Crippen molar-refractivity contribution in [1.82, 2.24) is 20.0 Å². The van der Waals surface area contributed by atoms with Crippen LogP contribution < -0.4 is 14.8 Å². The lowest BCUT2D eigenvalue weighted by molar-refractivity contribution is 0.0394. The van der Waals surface area contributed by atoms with E-state index >= 15 is 0 Å². The summed E-state index contributed by atoms with van der Waals surface area (Å²) in [5, 5.41) is 3.47. The van der Waals surface area contributed by atoms with E-state index in [0.29, 0.717) is 0 Å². The Morgan fingerprint density at radius 1 is 1.03 bits per heavy atom. The van der Waals surface area contributed by atoms with Crippen LogP contribution in [0.4, 0.5) is 0 Å². The predicted octanol–water partition coefficient (Wildman–Crippen LogP) is 1.74. The zero-order valence-corrected chi connectivity index (χ0v) is 21.5. The van der Waals surface area contributed by atoms with Gasteiger partial charge in [0.2, 0.25) is 0 Å². The van der Waals surface area contributed by atoms with Gasteiger partial charge >= 0.3 is 0 Å². The van der Waals surface area contributed by atoms with Gasteiger partial charge in [0.15, 0.2) is 5.96 Å². The number of methoxy groups -OCH3 is 2. The van der Waals surface area contributed by atoms with Crippen LogP contribution in [-0.4, -0.2) is 107 Å². The zero-order valence-electron chi connectivity index (χ0n) is 19.1. The monoisotopic (exact) mass is 547 g/mol. The van der Waals surface area contributed by atoms with Crippen LogP contribution >= 0.6 is 24.0 Å². The molecule has 2 fully saturated rings. The number of nitrogens with zero attached hydrogens (tertiary/aromatic N) is 4. The summed E-state index contributed by atoms with van der Waals surface area (Å²) in [7, 11) is 3.42. The summed E-state index contributed by atoms with van der Waals surface area (Å²) < 4.78 is 16.3. The van der Waals surface area contributed by atoms with Gasteiger partial charge in [-0.3, -0.25) is 14.8 Å². The molecule has 0 spiro atoms. The van der Waals surface area contributed by atoms with Gasteiger partial charge in [0.05, 0.1) is 34.0 Å². The van der Waals surface area contributed by atoms with Crippen LogP contribution in [0.25, 0.3) is 0 Å². The maximum absolute atomic E-state index is 5.54. The third-order valence-electron chi connectivity index (χ3n) is 5.67. The number of guanidine groups is 1. The molecule has 1 aromatic rings. The number of morpholine rings is 1. The first-order valence-electron chi connectivity index (χ1n) is 11.0. The fourth-order valence-corrected chi connectivity index (χ4v) is 3.91. The zero-order chi connectivity index (χ0) is 21.2. The lowest BCUT2D eigenvalue weighted by Crippen LogP contribution is -2.52. The minimum Gasteiger partial charge on any atom is -0.497 e. The van der Waals surface area contributed by atoms with Crippen molar-refractivity contribution in [3.05, 3.63) is 23.8 Å². The van der Waals surface area contributed by atoms with Crippen LogP contribution in [0.3, 0.4) is 0 Å². The molecule has 1 N–H and O–H groups in total. The molecule has 2 saturated heterocycles. The SMILES string of the molecule is CCNC(=NCCN1CCOCC1)N1CCN(Cc2cc(OC)ccc2OC)CC1.I. The Bertz CT molecular complexity index is 677. The molecule has 9 heteroatoms. The summed E-state index contributed by atoms with van der Waals surface area (Å²) in [6.45, 7) is 13.3. The van der Waals surface area contributed by atoms with Crippen molar-refractivity contribution in [3.63, 3.8) is 0 Å². The lowest BCUT2D eigenvalue weighted by atomic mass is 10.1. The van der Waals surface area contributed by atoms with Gasteiger partial charge in [0.25, 0.3) is 0 Å². The van der Waals surface area contributed by atoms with E-state index in [-0.39, 0.29) is 24.0 Å². The van der Waals surface area contributed by atoms with E-state index in [1.54, 1.807) is 14.2 Å². The molecule has 2 aliphatic heterocycles. The van der Waals surface area contributed by atoms with Crippen LogP contribution in [0.15, 0.2) is 23.2 Å². The highest BCUT2D eigenvalue weighted by Gasteiger charge is 2.21. The highest BCUT2D eigenvalue weighted by atomic mass is 127. The number of ether oxygens (including phenoxy) is 3. The molecular formula is C22H38IN5O3. The minimum atomic E-state index is 0. The van der Waals surface area contributed by atoms with Crippen molar-refractivity contribution in [2.75, 3.05) is 86.3 Å². The summed E-state index contributed by atoms with van der Waals surface area (Å²) in [4.78, 5) is 12.2. The van der Waals surface area contributed by atoms with E-state index in [4.69, 9.17) is 19.2 Å². The highest BCUT2D eigenvalue weighted by molar-refractivity contribution is 14.0. The second-order valence-corrected chi connectivity index (χ2v) is 7.63. The maximum Gasteiger partial charge on any atom is 0.194 e. The number of rotatable bonds is 8. The summed E-state index contributed by atoms with van der Waals surface area (Å²) >= 11 is 0. The van der Waals surface area contributed by atoms with Crippen molar-refractivity contribution < 1.29 is 14.2 Å². The molecule has 0 aliphatic carbocycles. The van der Waals surface area contributed by atoms with E-state index < -0.39 is 0 Å². The first-order valence-corrected chi connectivity index (χ1v) is 11.0. The normalized spacial score (nSPS) is 18.4. The van der Waals surface area contributed by atoms with E-state index in [0.717, 1.165) is 102 Å². The predicted molar refractivity (Wildman–Crippen MR) is 135 cm³/mol. The standard InChI is InChI=1S/C22H37N5O3.HI/c1-4-23-22(24-7-8-25-13-15-30-16-14-25)27-11-9-26(10-12-27)18-19-17-20(28-2)5-6-21(19)29-3;/h5-6,17H,4,7-16,18H2,1-3H3,(H,23,24);1H. The van der Waals surface area contributed by atoms with Crippen molar-refractivity contribution in [3.8, 4) is 11.5 Å². The van der Waals surface area contributed by atoms with Gasteiger partial charge in [0, 0.05) is 64.5 Å². The molecule has 176 valence electrons. The molecule has 0 amide bonds. The van der Waals surface area contributed by atoms with Crippen LogP contribution in [0.1, 0.15) is 12.5 Å². The number of hydrogen-bond acceptors (Lipinski definition) is 6. The molecule has 0 bridgehead atoms. The molecule has 8 nitrogen and oxygen atoms in total. The fourth-order valence-electron chi connectivity index (χ4n) is 3.91. The summed E-state index contributed by atoms with van der Waals surface area (Å²) in [6.07, 6.45) is 0. The third-order valence-corrected chi connectivity index (χ3v) is 5.67. The third kappa shape index (κ3) is 7.96. The quantitative estimate of drug-likeness (QED) is 0.302. The van der Waals surface area contributed by atoms with Crippen LogP contribution in [0.5, 0.6) is 11.5 Å². The Labute approximate surface area is 203 Å². The van der Waals surface area contributed by atoms with Crippen molar-refractivity contribution in [1.29, 1.82) is 0 Å². The number of piperazine rings is 1. The lowest BCUT2D eigenvalue weighted by Gasteiger charge is -2.36. The van der Waals surface area contributed by atoms with Crippen LogP contribution in [-0.2, 0) is 11.3 Å². The van der Waals surface area contributed by atoms with Gasteiger partial charge in [-0.25, -0.2) is 0 Å². The largest absolute Gasteiger partial charge is 0.497 e. The summed E-state index contributed by atoms with van der Waals surface area (Å²) in [5.41, 5.74) is 1.16. The molecule has 0 unspecified atom stereocenters. The minimum absolute atomic E-state index is 0. The Morgan fingerprint density at radius 3 is 2.42 bits per heavy atom. The molecule has 2 heterocycles. The molecule has 0 aromatic heterocycles. The average Bonchev–Trinajstić information content (AvgIpc) is 2.80. The van der Waals surface area contributed by atoms with Crippen molar-refractivity contribution in [2.45, 2.75) is 13.5 Å². The molecule has 0 radical (unpaired) electrons. The van der Waals surface area contributed by atoms with E-state index in [2.05, 4.69) is 33.0 Å². The van der Waals surface area contributed by atoms with Gasteiger partial charge < -0.3 is 24.4 Å². The van der Waals surface area contributed by atoms with Crippen molar-refractivity contribution >= 4 is 29.9 Å². The smallest absolute Gasteiger partial charge is 0.194 e. The first kappa shape index (κ1) is 26.0. The van der Waals surface area contributed by atoms with Gasteiger partial charge in [-0.05, 0) is 25.1 Å². The Morgan fingerprint density at radius 2 is 1.77 bits per heavy atom. The Kier molecular flexibility index (Phi) is 11.7.